The minimum absolute atomic E-state index is 0.188. The van der Waals surface area contributed by atoms with Crippen LogP contribution in [-0.2, 0) is 27.2 Å². The smallest absolute Gasteiger partial charge is 0.320 e. The molecule has 274 valence electrons. The number of benzene rings is 3. The number of unbranched alkanes of at least 4 members (excludes halogenated alkanes) is 1. The molecule has 3 aromatic rings. The van der Waals surface area contributed by atoms with Gasteiger partial charge in [0.15, 0.2) is 0 Å². The molecule has 0 aliphatic heterocycles. The SMILES string of the molecule is CCC(CC)(NC(=O)[C@H](CCCCN)NC[C@@H](N)Cc1ccc2ccccc2c1)C(=O)N[C@H](CN[C@@H](CC(C)C)C(=O)O)Cc1ccccc1. The maximum absolute atomic E-state index is 14.1. The number of fused-ring (bicyclic) bond motifs is 1. The van der Waals surface area contributed by atoms with Crippen LogP contribution in [0.5, 0.6) is 0 Å². The molecular weight excluding hydrogens is 628 g/mol. The second kappa shape index (κ2) is 20.7. The summed E-state index contributed by atoms with van der Waals surface area (Å²) in [4.78, 5) is 40.1. The molecule has 3 aromatic carbocycles. The first kappa shape index (κ1) is 40.6. The van der Waals surface area contributed by atoms with Crippen molar-refractivity contribution >= 4 is 28.6 Å². The van der Waals surface area contributed by atoms with Crippen molar-refractivity contribution in [3.8, 4) is 0 Å². The lowest BCUT2D eigenvalue weighted by Crippen LogP contribution is -2.63. The second-order valence-electron chi connectivity index (χ2n) is 14.0. The molecule has 0 spiro atoms. The molecule has 0 aliphatic carbocycles. The number of hydrogen-bond acceptors (Lipinski definition) is 7. The van der Waals surface area contributed by atoms with Gasteiger partial charge in [-0.25, -0.2) is 0 Å². The van der Waals surface area contributed by atoms with E-state index in [-0.39, 0.29) is 30.3 Å². The van der Waals surface area contributed by atoms with E-state index in [0.717, 1.165) is 29.4 Å². The lowest BCUT2D eigenvalue weighted by Gasteiger charge is -2.35. The van der Waals surface area contributed by atoms with Gasteiger partial charge in [0.05, 0.1) is 6.04 Å². The van der Waals surface area contributed by atoms with Gasteiger partial charge in [-0.05, 0) is 79.3 Å². The Hall–Kier alpha value is -3.83. The summed E-state index contributed by atoms with van der Waals surface area (Å²) in [5.74, 6) is -1.27. The van der Waals surface area contributed by atoms with Crippen LogP contribution in [0.2, 0.25) is 0 Å². The van der Waals surface area contributed by atoms with Gasteiger partial charge >= 0.3 is 5.97 Å². The monoisotopic (exact) mass is 688 g/mol. The number of carboxylic acid groups (broad SMARTS) is 1. The Morgan fingerprint density at radius 3 is 2.10 bits per heavy atom. The molecule has 0 saturated carbocycles. The van der Waals surface area contributed by atoms with Gasteiger partial charge < -0.3 is 37.8 Å². The summed E-state index contributed by atoms with van der Waals surface area (Å²) in [6.45, 7) is 8.98. The molecule has 0 heterocycles. The Kier molecular flexibility index (Phi) is 16.8. The van der Waals surface area contributed by atoms with E-state index in [0.29, 0.717) is 51.6 Å². The molecule has 0 bridgehead atoms. The Balaban J connectivity index is 1.72. The normalized spacial score (nSPS) is 14.2. The maximum Gasteiger partial charge on any atom is 0.320 e. The summed E-state index contributed by atoms with van der Waals surface area (Å²) in [5.41, 5.74) is 13.3. The molecule has 10 nitrogen and oxygen atoms in total. The average Bonchev–Trinajstić information content (AvgIpc) is 3.10. The summed E-state index contributed by atoms with van der Waals surface area (Å²) < 4.78 is 0. The largest absolute Gasteiger partial charge is 0.480 e. The molecule has 0 unspecified atom stereocenters. The number of hydrogen-bond donors (Lipinski definition) is 7. The Morgan fingerprint density at radius 2 is 1.46 bits per heavy atom. The number of nitrogens with one attached hydrogen (secondary N) is 4. The van der Waals surface area contributed by atoms with E-state index in [1.54, 1.807) is 0 Å². The summed E-state index contributed by atoms with van der Waals surface area (Å²) >= 11 is 0. The van der Waals surface area contributed by atoms with Gasteiger partial charge in [0.2, 0.25) is 11.8 Å². The Bertz CT molecular complexity index is 1480. The van der Waals surface area contributed by atoms with Crippen LogP contribution >= 0.6 is 0 Å². The summed E-state index contributed by atoms with van der Waals surface area (Å²) in [5, 5.41) is 25.0. The molecule has 10 heteroatoms. The molecule has 50 heavy (non-hydrogen) atoms. The summed E-state index contributed by atoms with van der Waals surface area (Å²) in [6, 6.07) is 22.4. The van der Waals surface area contributed by atoms with Gasteiger partial charge in [-0.3, -0.25) is 14.4 Å². The molecule has 2 amide bonds. The number of carbonyl (C=O) groups is 3. The van der Waals surface area contributed by atoms with Crippen LogP contribution in [0.3, 0.4) is 0 Å². The zero-order chi connectivity index (χ0) is 36.5. The minimum Gasteiger partial charge on any atom is -0.480 e. The van der Waals surface area contributed by atoms with Crippen LogP contribution in [0.15, 0.2) is 72.8 Å². The quantitative estimate of drug-likeness (QED) is 0.0724. The first-order valence-electron chi connectivity index (χ1n) is 18.3. The highest BCUT2D eigenvalue weighted by molar-refractivity contribution is 5.93. The Morgan fingerprint density at radius 1 is 0.800 bits per heavy atom. The third kappa shape index (κ3) is 12.8. The van der Waals surface area contributed by atoms with Gasteiger partial charge in [-0.1, -0.05) is 107 Å². The summed E-state index contributed by atoms with van der Waals surface area (Å²) in [6.07, 6.45) is 4.49. The van der Waals surface area contributed by atoms with Crippen molar-refractivity contribution in [3.05, 3.63) is 83.9 Å². The van der Waals surface area contributed by atoms with Gasteiger partial charge in [0, 0.05) is 25.2 Å². The van der Waals surface area contributed by atoms with Crippen molar-refractivity contribution in [2.24, 2.45) is 17.4 Å². The van der Waals surface area contributed by atoms with E-state index < -0.39 is 29.6 Å². The van der Waals surface area contributed by atoms with Crippen molar-refractivity contribution in [2.45, 2.75) is 109 Å². The minimum atomic E-state index is -1.16. The molecule has 0 aliphatic rings. The van der Waals surface area contributed by atoms with Gasteiger partial charge in [0.1, 0.15) is 11.6 Å². The highest BCUT2D eigenvalue weighted by atomic mass is 16.4. The molecule has 0 aromatic heterocycles. The van der Waals surface area contributed by atoms with E-state index in [4.69, 9.17) is 11.5 Å². The molecule has 0 saturated heterocycles. The number of nitrogens with two attached hydrogens (primary N) is 2. The molecule has 3 rings (SSSR count). The van der Waals surface area contributed by atoms with Crippen molar-refractivity contribution in [2.75, 3.05) is 19.6 Å². The van der Waals surface area contributed by atoms with Crippen LogP contribution in [0, 0.1) is 5.92 Å². The first-order chi connectivity index (χ1) is 24.0. The van der Waals surface area contributed by atoms with Crippen molar-refractivity contribution in [1.29, 1.82) is 0 Å². The van der Waals surface area contributed by atoms with E-state index in [1.165, 1.54) is 5.39 Å². The fourth-order valence-electron chi connectivity index (χ4n) is 6.40. The van der Waals surface area contributed by atoms with E-state index >= 15 is 0 Å². The zero-order valence-electron chi connectivity index (χ0n) is 30.4. The van der Waals surface area contributed by atoms with E-state index in [9.17, 15) is 19.5 Å². The van der Waals surface area contributed by atoms with Crippen LogP contribution in [-0.4, -0.2) is 72.2 Å². The third-order valence-electron chi connectivity index (χ3n) is 9.48. The van der Waals surface area contributed by atoms with Gasteiger partial charge in [-0.15, -0.1) is 0 Å². The number of amides is 2. The average molecular weight is 689 g/mol. The van der Waals surface area contributed by atoms with Crippen LogP contribution in [0.4, 0.5) is 0 Å². The number of rotatable bonds is 23. The van der Waals surface area contributed by atoms with E-state index in [2.05, 4.69) is 51.6 Å². The van der Waals surface area contributed by atoms with Crippen LogP contribution in [0.25, 0.3) is 10.8 Å². The molecule has 4 atom stereocenters. The van der Waals surface area contributed by atoms with Crippen molar-refractivity contribution in [3.63, 3.8) is 0 Å². The number of carbonyl (C=O) groups excluding carboxylic acids is 2. The molecule has 9 N–H and O–H groups in total. The Labute approximate surface area is 298 Å². The summed E-state index contributed by atoms with van der Waals surface area (Å²) in [7, 11) is 0. The van der Waals surface area contributed by atoms with Gasteiger partial charge in [0.25, 0.3) is 0 Å². The second-order valence-corrected chi connectivity index (χ2v) is 14.0. The fraction of sp³-hybridized carbons (Fsp3) is 0.525. The standard InChI is InChI=1S/C40H60N6O4/c1-5-40(6-2,39(50)45-34(25-29-14-8-7-9-15-29)27-44-36(38(48)49)22-28(3)4)46-37(47)35(18-12-13-21-41)43-26-33(42)24-30-19-20-31-16-10-11-17-32(31)23-30/h7-11,14-17,19-20,23,28,33-36,43-44H,5-6,12-13,18,21-22,24-27,41-42H2,1-4H3,(H,45,50)(H,46,47)(H,48,49)/t33-,34-,35-,36-/m0/s1. The third-order valence-corrected chi connectivity index (χ3v) is 9.48. The van der Waals surface area contributed by atoms with Gasteiger partial charge in [-0.2, -0.15) is 0 Å². The van der Waals surface area contributed by atoms with Crippen molar-refractivity contribution in [1.82, 2.24) is 21.3 Å². The predicted octanol–water partition coefficient (Wildman–Crippen LogP) is 4.29. The van der Waals surface area contributed by atoms with Crippen LogP contribution in [0.1, 0.15) is 77.3 Å². The lowest BCUT2D eigenvalue weighted by atomic mass is 9.90. The van der Waals surface area contributed by atoms with Crippen molar-refractivity contribution < 1.29 is 19.5 Å². The predicted molar refractivity (Wildman–Crippen MR) is 203 cm³/mol. The lowest BCUT2D eigenvalue weighted by molar-refractivity contribution is -0.140. The molecule has 0 fully saturated rings. The van der Waals surface area contributed by atoms with E-state index in [1.807, 2.05) is 70.2 Å². The topological polar surface area (TPSA) is 172 Å². The first-order valence-corrected chi connectivity index (χ1v) is 18.3. The molecular formula is C40H60N6O4. The fourth-order valence-corrected chi connectivity index (χ4v) is 6.40. The number of aliphatic carboxylic acids is 1. The highest BCUT2D eigenvalue weighted by Crippen LogP contribution is 2.19. The highest BCUT2D eigenvalue weighted by Gasteiger charge is 2.39. The molecule has 0 radical (unpaired) electrons. The number of carboxylic acids is 1. The maximum atomic E-state index is 14.1. The zero-order valence-corrected chi connectivity index (χ0v) is 30.4. The van der Waals surface area contributed by atoms with Crippen LogP contribution < -0.4 is 32.7 Å².